The Morgan fingerprint density at radius 1 is 1.65 bits per heavy atom. The highest BCUT2D eigenvalue weighted by atomic mass is 16.5. The Bertz CT molecular complexity index is 478. The number of pyridine rings is 1. The van der Waals surface area contributed by atoms with Gasteiger partial charge in [0.2, 0.25) is 0 Å². The molecule has 7 nitrogen and oxygen atoms in total. The Hall–Kier alpha value is -2.02. The van der Waals surface area contributed by atoms with Gasteiger partial charge >= 0.3 is 0 Å². The number of anilines is 1. The smallest absolute Gasteiger partial charge is 0.171 e. The van der Waals surface area contributed by atoms with Crippen LogP contribution in [0.2, 0.25) is 0 Å². The summed E-state index contributed by atoms with van der Waals surface area (Å²) in [4.78, 5) is 6.39. The van der Waals surface area contributed by atoms with Crippen LogP contribution in [0, 0.1) is 0 Å². The van der Waals surface area contributed by atoms with Crippen LogP contribution >= 0.6 is 0 Å². The van der Waals surface area contributed by atoms with Crippen LogP contribution in [-0.2, 0) is 4.74 Å². The summed E-state index contributed by atoms with van der Waals surface area (Å²) in [5, 5.41) is 11.7. The van der Waals surface area contributed by atoms with Crippen molar-refractivity contribution >= 4 is 11.7 Å². The van der Waals surface area contributed by atoms with Crippen LogP contribution < -0.4 is 15.4 Å². The minimum atomic E-state index is -0.442. The molecule has 1 fully saturated rings. The van der Waals surface area contributed by atoms with E-state index in [9.17, 15) is 0 Å². The summed E-state index contributed by atoms with van der Waals surface area (Å²) in [6.07, 6.45) is 1.35. The lowest BCUT2D eigenvalue weighted by Gasteiger charge is -2.33. The average molecular weight is 280 g/mol. The topological polar surface area (TPSA) is 93.2 Å². The van der Waals surface area contributed by atoms with E-state index in [4.69, 9.17) is 20.4 Å². The fourth-order valence-electron chi connectivity index (χ4n) is 2.05. The van der Waals surface area contributed by atoms with Crippen molar-refractivity contribution in [3.63, 3.8) is 0 Å². The second kappa shape index (κ2) is 6.42. The maximum atomic E-state index is 8.74. The van der Waals surface area contributed by atoms with Crippen molar-refractivity contribution in [3.05, 3.63) is 18.3 Å². The van der Waals surface area contributed by atoms with E-state index in [1.165, 1.54) is 0 Å². The molecule has 1 saturated heterocycles. The predicted molar refractivity (Wildman–Crippen MR) is 75.4 cm³/mol. The third-order valence-electron chi connectivity index (χ3n) is 2.92. The van der Waals surface area contributed by atoms with Gasteiger partial charge in [0.15, 0.2) is 17.4 Å². The van der Waals surface area contributed by atoms with Gasteiger partial charge < -0.3 is 25.3 Å². The van der Waals surface area contributed by atoms with Crippen LogP contribution in [-0.4, -0.2) is 47.9 Å². The fourth-order valence-corrected chi connectivity index (χ4v) is 2.05. The first-order valence-electron chi connectivity index (χ1n) is 6.57. The molecule has 1 aliphatic rings. The molecule has 1 aliphatic heterocycles. The van der Waals surface area contributed by atoms with E-state index in [0.717, 1.165) is 11.6 Å². The van der Waals surface area contributed by atoms with Crippen LogP contribution in [0.25, 0.3) is 0 Å². The molecule has 0 spiro atoms. The zero-order valence-corrected chi connectivity index (χ0v) is 11.7. The number of amidine groups is 1. The van der Waals surface area contributed by atoms with E-state index in [-0.39, 0.29) is 11.9 Å². The fraction of sp³-hybridized carbons (Fsp3) is 0.538. The van der Waals surface area contributed by atoms with Crippen molar-refractivity contribution in [2.45, 2.75) is 26.1 Å². The Kier molecular flexibility index (Phi) is 4.62. The van der Waals surface area contributed by atoms with Gasteiger partial charge in [-0.2, -0.15) is 0 Å². The number of ether oxygens (including phenoxy) is 2. The van der Waals surface area contributed by atoms with E-state index in [2.05, 4.69) is 10.1 Å². The molecule has 2 rings (SSSR count). The zero-order chi connectivity index (χ0) is 14.5. The Morgan fingerprint density at radius 2 is 2.45 bits per heavy atom. The summed E-state index contributed by atoms with van der Waals surface area (Å²) in [6, 6.07) is 3.72. The largest absolute Gasteiger partial charge is 0.487 e. The first kappa shape index (κ1) is 14.4. The first-order chi connectivity index (χ1) is 9.61. The quantitative estimate of drug-likeness (QED) is 0.367. The van der Waals surface area contributed by atoms with Gasteiger partial charge in [0.05, 0.1) is 19.3 Å². The second-order valence-electron chi connectivity index (χ2n) is 4.82. The minimum absolute atomic E-state index is 0.0666. The van der Waals surface area contributed by atoms with Crippen molar-refractivity contribution in [3.8, 4) is 5.75 Å². The van der Waals surface area contributed by atoms with E-state index >= 15 is 0 Å². The molecule has 0 aromatic carbocycles. The summed E-state index contributed by atoms with van der Waals surface area (Å²) in [5.74, 6) is 1.54. The highest BCUT2D eigenvalue weighted by Crippen LogP contribution is 2.27. The monoisotopic (exact) mass is 280 g/mol. The molecule has 3 N–H and O–H groups in total. The van der Waals surface area contributed by atoms with Crippen LogP contribution in [0.1, 0.15) is 13.8 Å². The van der Waals surface area contributed by atoms with Crippen molar-refractivity contribution in [1.29, 1.82) is 0 Å². The van der Waals surface area contributed by atoms with Crippen LogP contribution in [0.3, 0.4) is 0 Å². The molecule has 0 saturated carbocycles. The molecule has 0 radical (unpaired) electrons. The second-order valence-corrected chi connectivity index (χ2v) is 4.82. The molecule has 1 aromatic rings. The lowest BCUT2D eigenvalue weighted by atomic mass is 10.2. The normalized spacial score (nSPS) is 20.2. The lowest BCUT2D eigenvalue weighted by Crippen LogP contribution is -2.49. The number of nitrogens with zero attached hydrogens (tertiary/aromatic N) is 3. The number of hydrogen-bond donors (Lipinski definition) is 2. The minimum Gasteiger partial charge on any atom is -0.487 e. The van der Waals surface area contributed by atoms with Crippen molar-refractivity contribution in [1.82, 2.24) is 4.98 Å². The summed E-state index contributed by atoms with van der Waals surface area (Å²) in [5.41, 5.74) is 5.60. The molecule has 1 atom stereocenters. The standard InChI is InChI=1S/C13H20N4O3/c1-9(2)20-10-4-3-5-15-13(10)17-6-7-19-11(8-17)12(14)16-18/h3-5,9,11,18H,6-8H2,1-2H3,(H2,14,16). The van der Waals surface area contributed by atoms with Gasteiger partial charge in [-0.15, -0.1) is 0 Å². The Balaban J connectivity index is 2.18. The molecule has 0 aliphatic carbocycles. The summed E-state index contributed by atoms with van der Waals surface area (Å²) in [6.45, 7) is 5.57. The van der Waals surface area contributed by atoms with E-state index < -0.39 is 6.10 Å². The third kappa shape index (κ3) is 3.30. The molecular formula is C13H20N4O3. The number of aromatic nitrogens is 1. The molecule has 20 heavy (non-hydrogen) atoms. The molecule has 7 heteroatoms. The van der Waals surface area contributed by atoms with E-state index in [0.29, 0.717) is 19.7 Å². The predicted octanol–water partition coefficient (Wildman–Crippen LogP) is 0.820. The van der Waals surface area contributed by atoms with Crippen molar-refractivity contribution in [2.75, 3.05) is 24.6 Å². The van der Waals surface area contributed by atoms with Gasteiger partial charge in [-0.3, -0.25) is 0 Å². The third-order valence-corrected chi connectivity index (χ3v) is 2.92. The number of nitrogens with two attached hydrogens (primary N) is 1. The summed E-state index contributed by atoms with van der Waals surface area (Å²) >= 11 is 0. The molecule has 2 heterocycles. The average Bonchev–Trinajstić information content (AvgIpc) is 2.46. The first-order valence-corrected chi connectivity index (χ1v) is 6.57. The highest BCUT2D eigenvalue weighted by Gasteiger charge is 2.26. The molecule has 1 aromatic heterocycles. The molecule has 0 amide bonds. The summed E-state index contributed by atoms with van der Waals surface area (Å²) < 4.78 is 11.2. The maximum absolute atomic E-state index is 8.74. The molecular weight excluding hydrogens is 260 g/mol. The van der Waals surface area contributed by atoms with Gasteiger partial charge in [-0.05, 0) is 26.0 Å². The molecule has 0 bridgehead atoms. The number of morpholine rings is 1. The van der Waals surface area contributed by atoms with Crippen LogP contribution in [0.5, 0.6) is 5.75 Å². The number of oxime groups is 1. The molecule has 110 valence electrons. The van der Waals surface area contributed by atoms with Gasteiger partial charge in [0.25, 0.3) is 0 Å². The Morgan fingerprint density at radius 3 is 3.15 bits per heavy atom. The Labute approximate surface area is 118 Å². The summed E-state index contributed by atoms with van der Waals surface area (Å²) in [7, 11) is 0. The van der Waals surface area contributed by atoms with Gasteiger partial charge in [0.1, 0.15) is 6.10 Å². The van der Waals surface area contributed by atoms with Gasteiger partial charge in [-0.25, -0.2) is 4.98 Å². The highest BCUT2D eigenvalue weighted by molar-refractivity contribution is 5.85. The van der Waals surface area contributed by atoms with Crippen molar-refractivity contribution in [2.24, 2.45) is 10.9 Å². The lowest BCUT2D eigenvalue weighted by molar-refractivity contribution is 0.0800. The van der Waals surface area contributed by atoms with E-state index in [1.807, 2.05) is 30.9 Å². The van der Waals surface area contributed by atoms with Crippen LogP contribution in [0.4, 0.5) is 5.82 Å². The van der Waals surface area contributed by atoms with E-state index in [1.54, 1.807) is 6.20 Å². The number of rotatable bonds is 4. The maximum Gasteiger partial charge on any atom is 0.171 e. The molecule has 1 unspecified atom stereocenters. The number of hydrogen-bond acceptors (Lipinski definition) is 6. The van der Waals surface area contributed by atoms with Gasteiger partial charge in [-0.1, -0.05) is 5.16 Å². The van der Waals surface area contributed by atoms with Crippen molar-refractivity contribution < 1.29 is 14.7 Å². The van der Waals surface area contributed by atoms with Gasteiger partial charge in [0, 0.05) is 12.7 Å². The SMILES string of the molecule is CC(C)Oc1cccnc1N1CCOC(/C(N)=N/O)C1. The van der Waals surface area contributed by atoms with Crippen LogP contribution in [0.15, 0.2) is 23.5 Å². The zero-order valence-electron chi connectivity index (χ0n) is 11.7.